The number of urea groups is 1. The number of hydrogen-bond donors (Lipinski definition) is 2. The van der Waals surface area contributed by atoms with Crippen LogP contribution < -0.4 is 5.32 Å². The number of alkyl halides is 3. The van der Waals surface area contributed by atoms with Gasteiger partial charge in [-0.3, -0.25) is 0 Å². The molecule has 1 saturated heterocycles. The lowest BCUT2D eigenvalue weighted by Crippen LogP contribution is -2.50. The number of amides is 2. The first-order chi connectivity index (χ1) is 14.1. The Morgan fingerprint density at radius 1 is 1.33 bits per heavy atom. The molecule has 1 aliphatic heterocycles. The molecule has 1 aliphatic rings. The van der Waals surface area contributed by atoms with E-state index < -0.39 is 48.5 Å². The summed E-state index contributed by atoms with van der Waals surface area (Å²) in [6.07, 6.45) is -3.77. The van der Waals surface area contributed by atoms with E-state index in [1.807, 2.05) is 0 Å². The van der Waals surface area contributed by atoms with Crippen molar-refractivity contribution in [3.8, 4) is 0 Å². The number of carbonyl (C=O) groups excluding carboxylic acids is 1. The smallest absolute Gasteiger partial charge is 0.374 e. The number of rotatable bonds is 5. The molecule has 2 N–H and O–H groups in total. The van der Waals surface area contributed by atoms with Crippen LogP contribution in [-0.2, 0) is 17.4 Å². The number of ether oxygens (including phenoxy) is 1. The molecular weight excluding hydrogens is 408 g/mol. The maximum atomic E-state index is 13.5. The molecule has 2 unspecified atom stereocenters. The highest BCUT2D eigenvalue weighted by Crippen LogP contribution is 2.40. The summed E-state index contributed by atoms with van der Waals surface area (Å²) in [5.74, 6) is -0.944. The summed E-state index contributed by atoms with van der Waals surface area (Å²) in [4.78, 5) is 17.5. The lowest BCUT2D eigenvalue weighted by molar-refractivity contribution is -0.272. The Hall–Kier alpha value is -2.66. The van der Waals surface area contributed by atoms with Gasteiger partial charge in [0.15, 0.2) is 0 Å². The summed E-state index contributed by atoms with van der Waals surface area (Å²) in [6.45, 7) is 0.238. The molecule has 2 amide bonds. The molecular formula is C19H22F4N4O3. The largest absolute Gasteiger partial charge is 0.424 e. The number of imidazole rings is 1. The Morgan fingerprint density at radius 2 is 2.03 bits per heavy atom. The summed E-state index contributed by atoms with van der Waals surface area (Å²) < 4.78 is 60.4. The molecule has 1 aromatic heterocycles. The molecule has 1 fully saturated rings. The molecule has 164 valence electrons. The van der Waals surface area contributed by atoms with Crippen molar-refractivity contribution in [3.05, 3.63) is 53.9 Å². The number of aliphatic hydroxyl groups is 1. The highest BCUT2D eigenvalue weighted by Gasteiger charge is 2.57. The van der Waals surface area contributed by atoms with Gasteiger partial charge >= 0.3 is 12.2 Å². The minimum Gasteiger partial charge on any atom is -0.374 e. The van der Waals surface area contributed by atoms with Crippen LogP contribution in [0, 0.1) is 5.82 Å². The maximum absolute atomic E-state index is 13.5. The molecule has 0 aliphatic carbocycles. The lowest BCUT2D eigenvalue weighted by atomic mass is 9.97. The van der Waals surface area contributed by atoms with E-state index in [0.29, 0.717) is 5.56 Å². The first-order valence-corrected chi connectivity index (χ1v) is 9.28. The van der Waals surface area contributed by atoms with Crippen LogP contribution in [0.3, 0.4) is 0 Å². The molecule has 0 radical (unpaired) electrons. The van der Waals surface area contributed by atoms with Crippen molar-refractivity contribution in [3.63, 3.8) is 0 Å². The highest BCUT2D eigenvalue weighted by molar-refractivity contribution is 5.74. The van der Waals surface area contributed by atoms with Crippen LogP contribution in [0.15, 0.2) is 36.7 Å². The van der Waals surface area contributed by atoms with Gasteiger partial charge in [-0.15, -0.1) is 0 Å². The summed E-state index contributed by atoms with van der Waals surface area (Å²) in [7, 11) is 1.35. The van der Waals surface area contributed by atoms with E-state index in [-0.39, 0.29) is 19.7 Å². The van der Waals surface area contributed by atoms with Crippen molar-refractivity contribution < 1.29 is 32.2 Å². The standard InChI is InChI=1S/C19H22F4N4O3/c1-26-9-8-24-16(26)18(29,19(21,22)23)6-7-25-17(28)27-10-11-30-15(12-27)13-2-4-14(20)5-3-13/h2-5,8-9,15,29H,6-7,10-12H2,1H3,(H,25,28). The van der Waals surface area contributed by atoms with Crippen molar-refractivity contribution in [2.75, 3.05) is 26.2 Å². The average molecular weight is 430 g/mol. The Balaban J connectivity index is 1.60. The van der Waals surface area contributed by atoms with Crippen LogP contribution in [0.4, 0.5) is 22.4 Å². The molecule has 30 heavy (non-hydrogen) atoms. The Morgan fingerprint density at radius 3 is 2.63 bits per heavy atom. The maximum Gasteiger partial charge on any atom is 0.424 e. The van der Waals surface area contributed by atoms with Gasteiger partial charge in [0, 0.05) is 39.0 Å². The molecule has 11 heteroatoms. The van der Waals surface area contributed by atoms with Gasteiger partial charge < -0.3 is 24.6 Å². The van der Waals surface area contributed by atoms with Crippen LogP contribution in [0.5, 0.6) is 0 Å². The zero-order valence-corrected chi connectivity index (χ0v) is 16.2. The third-order valence-electron chi connectivity index (χ3n) is 5.02. The second-order valence-corrected chi connectivity index (χ2v) is 7.06. The zero-order chi connectivity index (χ0) is 21.9. The number of hydrogen-bond acceptors (Lipinski definition) is 4. The van der Waals surface area contributed by atoms with Gasteiger partial charge in [-0.2, -0.15) is 13.2 Å². The number of benzene rings is 1. The second kappa shape index (κ2) is 8.60. The van der Waals surface area contributed by atoms with Crippen molar-refractivity contribution in [2.45, 2.75) is 24.3 Å². The van der Waals surface area contributed by atoms with E-state index in [4.69, 9.17) is 4.74 Å². The summed E-state index contributed by atoms with van der Waals surface area (Å²) in [5, 5.41) is 12.7. The number of nitrogens with one attached hydrogen (secondary N) is 1. The fourth-order valence-electron chi connectivity index (χ4n) is 3.32. The van der Waals surface area contributed by atoms with E-state index in [2.05, 4.69) is 10.3 Å². The molecule has 1 aromatic carbocycles. The van der Waals surface area contributed by atoms with Crippen molar-refractivity contribution in [2.24, 2.45) is 7.05 Å². The quantitative estimate of drug-likeness (QED) is 0.715. The van der Waals surface area contributed by atoms with Gasteiger partial charge in [-0.1, -0.05) is 12.1 Å². The van der Waals surface area contributed by atoms with Crippen LogP contribution in [0.1, 0.15) is 23.9 Å². The van der Waals surface area contributed by atoms with Gasteiger partial charge in [0.2, 0.25) is 5.60 Å². The normalized spacial score (nSPS) is 19.4. The van der Waals surface area contributed by atoms with Crippen molar-refractivity contribution in [1.82, 2.24) is 19.8 Å². The molecule has 0 bridgehead atoms. The molecule has 7 nitrogen and oxygen atoms in total. The Kier molecular flexibility index (Phi) is 6.32. The summed E-state index contributed by atoms with van der Waals surface area (Å²) >= 11 is 0. The zero-order valence-electron chi connectivity index (χ0n) is 16.2. The molecule has 3 rings (SSSR count). The van der Waals surface area contributed by atoms with E-state index >= 15 is 0 Å². The average Bonchev–Trinajstić information content (AvgIpc) is 3.14. The van der Waals surface area contributed by atoms with Crippen LogP contribution in [0.2, 0.25) is 0 Å². The first-order valence-electron chi connectivity index (χ1n) is 9.28. The first kappa shape index (κ1) is 22.0. The molecule has 2 aromatic rings. The van der Waals surface area contributed by atoms with E-state index in [0.717, 1.165) is 10.8 Å². The lowest BCUT2D eigenvalue weighted by Gasteiger charge is -2.34. The van der Waals surface area contributed by atoms with Crippen LogP contribution >= 0.6 is 0 Å². The Bertz CT molecular complexity index is 871. The topological polar surface area (TPSA) is 79.6 Å². The molecule has 0 spiro atoms. The fourth-order valence-corrected chi connectivity index (χ4v) is 3.32. The summed E-state index contributed by atoms with van der Waals surface area (Å²) in [5.41, 5.74) is -2.50. The third kappa shape index (κ3) is 4.57. The predicted molar refractivity (Wildman–Crippen MR) is 97.8 cm³/mol. The molecule has 0 saturated carbocycles. The minimum atomic E-state index is -4.97. The van der Waals surface area contributed by atoms with Crippen molar-refractivity contribution in [1.29, 1.82) is 0 Å². The number of aromatic nitrogens is 2. The van der Waals surface area contributed by atoms with Gasteiger partial charge in [-0.05, 0) is 17.7 Å². The number of aryl methyl sites for hydroxylation is 1. The van der Waals surface area contributed by atoms with Crippen LogP contribution in [0.25, 0.3) is 0 Å². The molecule has 2 atom stereocenters. The Labute approximate surface area is 170 Å². The summed E-state index contributed by atoms with van der Waals surface area (Å²) in [6, 6.07) is 5.10. The van der Waals surface area contributed by atoms with E-state index in [1.54, 1.807) is 12.1 Å². The number of nitrogens with zero attached hydrogens (tertiary/aromatic N) is 3. The van der Waals surface area contributed by atoms with Gasteiger partial charge in [-0.25, -0.2) is 14.2 Å². The fraction of sp³-hybridized carbons (Fsp3) is 0.474. The van der Waals surface area contributed by atoms with Gasteiger partial charge in [0.1, 0.15) is 17.7 Å². The third-order valence-corrected chi connectivity index (χ3v) is 5.02. The molecule has 2 heterocycles. The highest BCUT2D eigenvalue weighted by atomic mass is 19.4. The van der Waals surface area contributed by atoms with Crippen molar-refractivity contribution >= 4 is 6.03 Å². The SMILES string of the molecule is Cn1ccnc1C(O)(CCNC(=O)N1CCOC(c2ccc(F)cc2)C1)C(F)(F)F. The van der Waals surface area contributed by atoms with E-state index in [1.165, 1.54) is 30.3 Å². The second-order valence-electron chi connectivity index (χ2n) is 7.06. The number of halogens is 4. The van der Waals surface area contributed by atoms with Crippen LogP contribution in [-0.4, -0.2) is 58.0 Å². The van der Waals surface area contributed by atoms with Gasteiger partial charge in [0.05, 0.1) is 13.2 Å². The minimum absolute atomic E-state index is 0.167. The number of carbonyl (C=O) groups is 1. The number of morpholine rings is 1. The predicted octanol–water partition coefficient (Wildman–Crippen LogP) is 2.48. The monoisotopic (exact) mass is 430 g/mol. The van der Waals surface area contributed by atoms with E-state index in [9.17, 15) is 27.5 Å². The van der Waals surface area contributed by atoms with Gasteiger partial charge in [0.25, 0.3) is 0 Å².